The van der Waals surface area contributed by atoms with Gasteiger partial charge in [0, 0.05) is 33.5 Å². The zero-order valence-corrected chi connectivity index (χ0v) is 16.3. The number of nitrogens with one attached hydrogen (secondary N) is 2. The van der Waals surface area contributed by atoms with Crippen molar-refractivity contribution in [3.8, 4) is 0 Å². The van der Waals surface area contributed by atoms with Gasteiger partial charge in [-0.15, -0.1) is 11.8 Å². The van der Waals surface area contributed by atoms with E-state index in [0.29, 0.717) is 16.9 Å². The number of nitrogens with two attached hydrogens (primary N) is 1. The molecule has 29 heavy (non-hydrogen) atoms. The molecule has 0 spiro atoms. The second kappa shape index (κ2) is 10.1. The maximum absolute atomic E-state index is 12.0. The number of carbonyl (C=O) groups is 4. The molecule has 9 heteroatoms. The van der Waals surface area contributed by atoms with Gasteiger partial charge in [0.05, 0.1) is 5.75 Å². The molecule has 0 saturated carbocycles. The van der Waals surface area contributed by atoms with E-state index in [0.717, 1.165) is 11.0 Å². The summed E-state index contributed by atoms with van der Waals surface area (Å²) in [5.41, 5.74) is 6.53. The number of carbonyl (C=O) groups excluding carboxylic acids is 3. The van der Waals surface area contributed by atoms with Gasteiger partial charge in [0.2, 0.25) is 17.7 Å². The van der Waals surface area contributed by atoms with Gasteiger partial charge in [0.15, 0.2) is 0 Å². The monoisotopic (exact) mass is 413 g/mol. The molecule has 0 aliphatic rings. The van der Waals surface area contributed by atoms with Gasteiger partial charge in [-0.25, -0.2) is 4.79 Å². The van der Waals surface area contributed by atoms with Crippen LogP contribution in [0.25, 0.3) is 0 Å². The summed E-state index contributed by atoms with van der Waals surface area (Å²) < 4.78 is 0. The summed E-state index contributed by atoms with van der Waals surface area (Å²) in [6.07, 6.45) is 1.01. The minimum absolute atomic E-state index is 0.0649. The first-order valence-corrected chi connectivity index (χ1v) is 9.38. The van der Waals surface area contributed by atoms with Crippen LogP contribution in [0.3, 0.4) is 0 Å². The van der Waals surface area contributed by atoms with Crippen molar-refractivity contribution in [1.82, 2.24) is 0 Å². The van der Waals surface area contributed by atoms with Gasteiger partial charge in [-0.3, -0.25) is 14.4 Å². The number of carboxylic acid groups (broad SMARTS) is 1. The average Bonchev–Trinajstić information content (AvgIpc) is 2.67. The van der Waals surface area contributed by atoms with Gasteiger partial charge in [0.25, 0.3) is 0 Å². The topological polar surface area (TPSA) is 139 Å². The Labute approximate surface area is 171 Å². The molecule has 2 aromatic rings. The van der Waals surface area contributed by atoms with Gasteiger partial charge in [-0.05, 0) is 55.5 Å². The molecule has 0 saturated heterocycles. The summed E-state index contributed by atoms with van der Waals surface area (Å²) in [6.45, 7) is 1.33. The van der Waals surface area contributed by atoms with Crippen molar-refractivity contribution >= 4 is 46.8 Å². The van der Waals surface area contributed by atoms with Gasteiger partial charge in [-0.2, -0.15) is 0 Å². The summed E-state index contributed by atoms with van der Waals surface area (Å²) >= 11 is 1.31. The van der Waals surface area contributed by atoms with E-state index >= 15 is 0 Å². The molecule has 150 valence electrons. The molecule has 0 aromatic heterocycles. The molecule has 2 rings (SSSR count). The highest BCUT2D eigenvalue weighted by Crippen LogP contribution is 2.21. The highest BCUT2D eigenvalue weighted by Gasteiger charge is 2.07. The third-order valence-corrected chi connectivity index (χ3v) is 4.64. The Morgan fingerprint density at radius 1 is 0.966 bits per heavy atom. The van der Waals surface area contributed by atoms with Crippen molar-refractivity contribution < 1.29 is 24.3 Å². The predicted octanol–water partition coefficient (Wildman–Crippen LogP) is 2.49. The van der Waals surface area contributed by atoms with Crippen molar-refractivity contribution in [2.75, 3.05) is 16.4 Å². The predicted molar refractivity (Wildman–Crippen MR) is 111 cm³/mol. The second-order valence-electron chi connectivity index (χ2n) is 5.92. The average molecular weight is 413 g/mol. The molecule has 0 bridgehead atoms. The van der Waals surface area contributed by atoms with Crippen LogP contribution in [0, 0.1) is 0 Å². The lowest BCUT2D eigenvalue weighted by Crippen LogP contribution is -2.15. The van der Waals surface area contributed by atoms with Gasteiger partial charge in [-0.1, -0.05) is 0 Å². The fraction of sp³-hybridized carbons (Fsp3) is 0.100. The summed E-state index contributed by atoms with van der Waals surface area (Å²) in [4.78, 5) is 46.3. The van der Waals surface area contributed by atoms with Crippen LogP contribution < -0.4 is 16.4 Å². The molecule has 8 nitrogen and oxygen atoms in total. The largest absolute Gasteiger partial charge is 0.478 e. The number of primary amides is 1. The van der Waals surface area contributed by atoms with Crippen molar-refractivity contribution in [2.45, 2.75) is 11.8 Å². The minimum Gasteiger partial charge on any atom is -0.478 e. The maximum atomic E-state index is 12.0. The molecule has 0 unspecified atom stereocenters. The van der Waals surface area contributed by atoms with Crippen LogP contribution >= 0.6 is 11.8 Å². The minimum atomic E-state index is -1.16. The van der Waals surface area contributed by atoms with E-state index < -0.39 is 17.8 Å². The highest BCUT2D eigenvalue weighted by molar-refractivity contribution is 8.00. The molecule has 2 aromatic carbocycles. The molecule has 0 radical (unpaired) electrons. The lowest BCUT2D eigenvalue weighted by atomic mass is 10.2. The van der Waals surface area contributed by atoms with E-state index in [9.17, 15) is 19.2 Å². The van der Waals surface area contributed by atoms with Crippen LogP contribution in [0.5, 0.6) is 0 Å². The van der Waals surface area contributed by atoms with Gasteiger partial charge < -0.3 is 21.5 Å². The third-order valence-electron chi connectivity index (χ3n) is 3.63. The smallest absolute Gasteiger partial charge is 0.331 e. The molecule has 5 N–H and O–H groups in total. The standard InChI is InChI=1S/C20H19N3O5S/c1-12(20(27)28)10-17(24)22-15-6-8-16(9-7-15)29-11-18(25)23-14-4-2-13(3-5-14)19(21)26/h2-10H,11H2,1H3,(H2,21,26)(H,22,24)(H,23,25)(H,27,28)/b12-10-. The Balaban J connectivity index is 1.84. The van der Waals surface area contributed by atoms with Crippen LogP contribution in [0.1, 0.15) is 17.3 Å². The van der Waals surface area contributed by atoms with E-state index in [1.165, 1.54) is 30.8 Å². The number of rotatable bonds is 8. The first kappa shape index (κ1) is 21.7. The van der Waals surface area contributed by atoms with Crippen LogP contribution in [0.4, 0.5) is 11.4 Å². The Kier molecular flexibility index (Phi) is 7.55. The van der Waals surface area contributed by atoms with Crippen molar-refractivity contribution in [3.63, 3.8) is 0 Å². The zero-order valence-electron chi connectivity index (χ0n) is 15.5. The lowest BCUT2D eigenvalue weighted by molar-refractivity contribution is -0.132. The quantitative estimate of drug-likeness (QED) is 0.387. The molecule has 0 heterocycles. The summed E-state index contributed by atoms with van der Waals surface area (Å²) in [7, 11) is 0. The van der Waals surface area contributed by atoms with E-state index in [4.69, 9.17) is 10.8 Å². The molecule has 3 amide bonds. The van der Waals surface area contributed by atoms with Crippen molar-refractivity contribution in [3.05, 3.63) is 65.7 Å². The highest BCUT2D eigenvalue weighted by atomic mass is 32.2. The SMILES string of the molecule is C/C(=C/C(=O)Nc1ccc(SCC(=O)Nc2ccc(C(N)=O)cc2)cc1)C(=O)O. The molecular weight excluding hydrogens is 394 g/mol. The van der Waals surface area contributed by atoms with Crippen LogP contribution in [-0.2, 0) is 14.4 Å². The lowest BCUT2D eigenvalue weighted by Gasteiger charge is -2.07. The Morgan fingerprint density at radius 3 is 2.07 bits per heavy atom. The van der Waals surface area contributed by atoms with Crippen molar-refractivity contribution in [2.24, 2.45) is 5.73 Å². The van der Waals surface area contributed by atoms with E-state index in [-0.39, 0.29) is 17.2 Å². The van der Waals surface area contributed by atoms with Crippen LogP contribution in [-0.4, -0.2) is 34.6 Å². The van der Waals surface area contributed by atoms with E-state index in [1.54, 1.807) is 36.4 Å². The summed E-state index contributed by atoms with van der Waals surface area (Å²) in [5.74, 6) is -2.27. The molecular formula is C20H19N3O5S. The van der Waals surface area contributed by atoms with E-state index in [1.807, 2.05) is 0 Å². The van der Waals surface area contributed by atoms with E-state index in [2.05, 4.69) is 10.6 Å². The molecule has 0 fully saturated rings. The number of hydrogen-bond acceptors (Lipinski definition) is 5. The number of amides is 3. The Morgan fingerprint density at radius 2 is 1.52 bits per heavy atom. The number of aliphatic carboxylic acids is 1. The van der Waals surface area contributed by atoms with Gasteiger partial charge >= 0.3 is 5.97 Å². The van der Waals surface area contributed by atoms with Crippen LogP contribution in [0.15, 0.2) is 65.1 Å². The number of carboxylic acids is 1. The summed E-state index contributed by atoms with van der Waals surface area (Å²) in [5, 5.41) is 14.0. The Bertz CT molecular complexity index is 953. The molecule has 0 aliphatic carbocycles. The number of benzene rings is 2. The molecule has 0 atom stereocenters. The first-order valence-electron chi connectivity index (χ1n) is 8.40. The fourth-order valence-electron chi connectivity index (χ4n) is 2.13. The summed E-state index contributed by atoms with van der Waals surface area (Å²) in [6, 6.07) is 13.1. The third kappa shape index (κ3) is 7.15. The number of hydrogen-bond donors (Lipinski definition) is 4. The number of thioether (sulfide) groups is 1. The first-order chi connectivity index (χ1) is 13.7. The Hall–Kier alpha value is -3.59. The van der Waals surface area contributed by atoms with Crippen molar-refractivity contribution in [1.29, 1.82) is 0 Å². The fourth-order valence-corrected chi connectivity index (χ4v) is 2.83. The maximum Gasteiger partial charge on any atom is 0.331 e. The van der Waals surface area contributed by atoms with Gasteiger partial charge in [0.1, 0.15) is 0 Å². The molecule has 0 aliphatic heterocycles. The second-order valence-corrected chi connectivity index (χ2v) is 6.97. The zero-order chi connectivity index (χ0) is 21.4. The van der Waals surface area contributed by atoms with Crippen LogP contribution in [0.2, 0.25) is 0 Å². The number of anilines is 2. The normalized spacial score (nSPS) is 10.9.